The van der Waals surface area contributed by atoms with Gasteiger partial charge in [0, 0.05) is 35.7 Å². The van der Waals surface area contributed by atoms with E-state index in [4.69, 9.17) is 23.8 Å². The van der Waals surface area contributed by atoms with E-state index in [1.807, 2.05) is 12.1 Å². The third kappa shape index (κ3) is 7.61. The highest BCUT2D eigenvalue weighted by Crippen LogP contribution is 2.33. The normalized spacial score (nSPS) is 14.3. The van der Waals surface area contributed by atoms with Gasteiger partial charge in [-0.3, -0.25) is 40.2 Å². The molecule has 0 bridgehead atoms. The minimum Gasteiger partial charge on any atom is -0.293 e. The topological polar surface area (TPSA) is 122 Å². The van der Waals surface area contributed by atoms with Gasteiger partial charge in [-0.05, 0) is 42.7 Å². The van der Waals surface area contributed by atoms with Crippen LogP contribution >= 0.6 is 35.6 Å². The predicted molar refractivity (Wildman–Crippen MR) is 139 cm³/mol. The molecule has 3 rings (SSSR count). The summed E-state index contributed by atoms with van der Waals surface area (Å²) in [6.45, 7) is 0.452. The molecule has 0 aromatic heterocycles. The summed E-state index contributed by atoms with van der Waals surface area (Å²) >= 11 is 12.5. The summed E-state index contributed by atoms with van der Waals surface area (Å²) in [6, 6.07) is 12.4. The van der Waals surface area contributed by atoms with Crippen molar-refractivity contribution in [1.29, 1.82) is 0 Å². The van der Waals surface area contributed by atoms with Crippen LogP contribution in [0.15, 0.2) is 53.4 Å². The van der Waals surface area contributed by atoms with Crippen LogP contribution in [-0.2, 0) is 9.59 Å². The molecule has 1 aliphatic rings. The first-order valence-corrected chi connectivity index (χ1v) is 12.2. The van der Waals surface area contributed by atoms with E-state index in [0.717, 1.165) is 11.6 Å². The zero-order valence-corrected chi connectivity index (χ0v) is 20.8. The second-order valence-electron chi connectivity index (χ2n) is 7.51. The van der Waals surface area contributed by atoms with Crippen LogP contribution < -0.4 is 10.9 Å². The number of rotatable bonds is 9. The number of hydrazine groups is 1. The molecule has 0 spiro atoms. The van der Waals surface area contributed by atoms with Crippen molar-refractivity contribution in [2.75, 3.05) is 6.54 Å². The van der Waals surface area contributed by atoms with Crippen LogP contribution in [0.1, 0.15) is 41.6 Å². The fourth-order valence-electron chi connectivity index (χ4n) is 3.16. The molecule has 2 N–H and O–H groups in total. The minimum atomic E-state index is -0.650. The molecular formula is C23H21ClN4O5S2. The molecule has 12 heteroatoms. The summed E-state index contributed by atoms with van der Waals surface area (Å²) in [7, 11) is 0. The van der Waals surface area contributed by atoms with Gasteiger partial charge >= 0.3 is 0 Å². The van der Waals surface area contributed by atoms with Crippen molar-refractivity contribution in [3.63, 3.8) is 0 Å². The van der Waals surface area contributed by atoms with E-state index in [1.165, 1.54) is 30.0 Å². The van der Waals surface area contributed by atoms with Crippen LogP contribution in [-0.4, -0.2) is 38.4 Å². The molecule has 1 saturated heterocycles. The van der Waals surface area contributed by atoms with Gasteiger partial charge in [-0.2, -0.15) is 0 Å². The average molecular weight is 533 g/mol. The Morgan fingerprint density at radius 3 is 2.57 bits per heavy atom. The molecule has 0 aliphatic carbocycles. The van der Waals surface area contributed by atoms with Gasteiger partial charge in [-0.15, -0.1) is 0 Å². The Kier molecular flexibility index (Phi) is 9.35. The fraction of sp³-hybridized carbons (Fsp3) is 0.217. The number of amides is 3. The Morgan fingerprint density at radius 1 is 1.11 bits per heavy atom. The van der Waals surface area contributed by atoms with Crippen molar-refractivity contribution in [1.82, 2.24) is 15.8 Å². The summed E-state index contributed by atoms with van der Waals surface area (Å²) in [4.78, 5) is 49.0. The Balaban J connectivity index is 1.37. The van der Waals surface area contributed by atoms with E-state index in [0.29, 0.717) is 40.1 Å². The predicted octanol–water partition coefficient (Wildman–Crippen LogP) is 4.47. The van der Waals surface area contributed by atoms with Gasteiger partial charge in [0.2, 0.25) is 5.91 Å². The number of carbonyl (C=O) groups excluding carboxylic acids is 3. The summed E-state index contributed by atoms with van der Waals surface area (Å²) in [5.41, 5.74) is 5.24. The number of non-ortho nitro benzene ring substituents is 1. The molecule has 0 radical (unpaired) electrons. The second kappa shape index (κ2) is 12.4. The molecule has 182 valence electrons. The lowest BCUT2D eigenvalue weighted by Gasteiger charge is -2.14. The van der Waals surface area contributed by atoms with Crippen molar-refractivity contribution >= 4 is 69.4 Å². The van der Waals surface area contributed by atoms with Gasteiger partial charge in [0.05, 0.1) is 9.83 Å². The Hall–Kier alpha value is -3.28. The van der Waals surface area contributed by atoms with Gasteiger partial charge in [-0.25, -0.2) is 0 Å². The molecule has 2 aromatic carbocycles. The monoisotopic (exact) mass is 532 g/mol. The van der Waals surface area contributed by atoms with E-state index in [2.05, 4.69) is 10.9 Å². The van der Waals surface area contributed by atoms with E-state index in [9.17, 15) is 24.5 Å². The van der Waals surface area contributed by atoms with Gasteiger partial charge in [0.1, 0.15) is 4.32 Å². The van der Waals surface area contributed by atoms with Crippen LogP contribution in [0.2, 0.25) is 5.02 Å². The zero-order valence-electron chi connectivity index (χ0n) is 18.4. The number of nitrogens with one attached hydrogen (secondary N) is 2. The van der Waals surface area contributed by atoms with Crippen LogP contribution in [0, 0.1) is 10.1 Å². The standard InChI is InChI=1S/C23H21ClN4O5S2/c24-17-10-8-15(9-11-17)13-19-22(31)27(23(34)35-19)12-3-1-2-7-20(29)25-26-21(30)16-5-4-6-18(14-16)28(32)33/h4-6,8-11,13-14H,1-3,7,12H2,(H,25,29)(H,26,30). The number of nitro benzene ring substituents is 1. The lowest BCUT2D eigenvalue weighted by atomic mass is 10.2. The zero-order chi connectivity index (χ0) is 25.4. The Bertz CT molecular complexity index is 1190. The number of nitro groups is 1. The number of hydrogen-bond donors (Lipinski definition) is 2. The van der Waals surface area contributed by atoms with E-state index < -0.39 is 10.8 Å². The molecule has 0 unspecified atom stereocenters. The highest BCUT2D eigenvalue weighted by Gasteiger charge is 2.31. The summed E-state index contributed by atoms with van der Waals surface area (Å²) in [5.74, 6) is -1.18. The van der Waals surface area contributed by atoms with Crippen molar-refractivity contribution in [3.8, 4) is 0 Å². The molecule has 1 aliphatic heterocycles. The highest BCUT2D eigenvalue weighted by atomic mass is 35.5. The molecule has 35 heavy (non-hydrogen) atoms. The van der Waals surface area contributed by atoms with Gasteiger partial charge in [0.15, 0.2) is 0 Å². The maximum Gasteiger partial charge on any atom is 0.270 e. The molecular weight excluding hydrogens is 512 g/mol. The number of thiocarbonyl (C=S) groups is 1. The Labute approximate surface area is 216 Å². The first-order chi connectivity index (χ1) is 16.7. The number of carbonyl (C=O) groups is 3. The number of unbranched alkanes of at least 4 members (excludes halogenated alkanes) is 2. The first kappa shape index (κ1) is 26.3. The van der Waals surface area contributed by atoms with E-state index in [-0.39, 0.29) is 29.5 Å². The number of halogens is 1. The lowest BCUT2D eigenvalue weighted by Crippen LogP contribution is -2.41. The number of hydrogen-bond acceptors (Lipinski definition) is 7. The van der Waals surface area contributed by atoms with E-state index >= 15 is 0 Å². The number of benzene rings is 2. The van der Waals surface area contributed by atoms with Crippen molar-refractivity contribution in [3.05, 3.63) is 79.7 Å². The molecule has 2 aromatic rings. The molecule has 3 amide bonds. The SMILES string of the molecule is O=C(CCCCCN1C(=O)C(=Cc2ccc(Cl)cc2)SC1=S)NNC(=O)c1cccc([N+](=O)[O-])c1. The van der Waals surface area contributed by atoms with Crippen molar-refractivity contribution < 1.29 is 19.3 Å². The largest absolute Gasteiger partial charge is 0.293 e. The Morgan fingerprint density at radius 2 is 1.86 bits per heavy atom. The van der Waals surface area contributed by atoms with E-state index in [1.54, 1.807) is 23.1 Å². The quantitative estimate of drug-likeness (QED) is 0.161. The van der Waals surface area contributed by atoms with Crippen LogP contribution in [0.4, 0.5) is 5.69 Å². The molecule has 0 atom stereocenters. The smallest absolute Gasteiger partial charge is 0.270 e. The third-order valence-electron chi connectivity index (χ3n) is 4.96. The number of nitrogens with zero attached hydrogens (tertiary/aromatic N) is 2. The third-order valence-corrected chi connectivity index (χ3v) is 6.59. The highest BCUT2D eigenvalue weighted by molar-refractivity contribution is 8.26. The number of thioether (sulfide) groups is 1. The van der Waals surface area contributed by atoms with Crippen molar-refractivity contribution in [2.45, 2.75) is 25.7 Å². The van der Waals surface area contributed by atoms with Crippen LogP contribution in [0.5, 0.6) is 0 Å². The first-order valence-electron chi connectivity index (χ1n) is 10.6. The molecule has 1 fully saturated rings. The summed E-state index contributed by atoms with van der Waals surface area (Å²) in [6.07, 6.45) is 3.84. The average Bonchev–Trinajstić information content (AvgIpc) is 3.10. The molecule has 9 nitrogen and oxygen atoms in total. The maximum atomic E-state index is 12.7. The second-order valence-corrected chi connectivity index (χ2v) is 9.62. The summed E-state index contributed by atoms with van der Waals surface area (Å²) < 4.78 is 0.497. The van der Waals surface area contributed by atoms with Crippen LogP contribution in [0.25, 0.3) is 6.08 Å². The fourth-order valence-corrected chi connectivity index (χ4v) is 4.59. The maximum absolute atomic E-state index is 12.7. The van der Waals surface area contributed by atoms with Crippen molar-refractivity contribution in [2.24, 2.45) is 0 Å². The van der Waals surface area contributed by atoms with Gasteiger partial charge in [-0.1, -0.05) is 60.2 Å². The lowest BCUT2D eigenvalue weighted by molar-refractivity contribution is -0.384. The molecule has 1 heterocycles. The summed E-state index contributed by atoms with van der Waals surface area (Å²) in [5, 5.41) is 11.4. The van der Waals surface area contributed by atoms with Gasteiger partial charge in [0.25, 0.3) is 17.5 Å². The van der Waals surface area contributed by atoms with Gasteiger partial charge < -0.3 is 0 Å². The minimum absolute atomic E-state index is 0.0631. The van der Waals surface area contributed by atoms with Crippen LogP contribution in [0.3, 0.4) is 0 Å². The molecule has 0 saturated carbocycles.